The van der Waals surface area contributed by atoms with Gasteiger partial charge < -0.3 is 15.1 Å². The van der Waals surface area contributed by atoms with Crippen LogP contribution in [0.2, 0.25) is 0 Å². The average Bonchev–Trinajstić information content (AvgIpc) is 3.57. The Balaban J connectivity index is 1.48. The van der Waals surface area contributed by atoms with Crippen molar-refractivity contribution in [2.75, 3.05) is 5.73 Å². The minimum absolute atomic E-state index is 0.213. The van der Waals surface area contributed by atoms with Crippen molar-refractivity contribution in [1.82, 2.24) is 29.5 Å². The van der Waals surface area contributed by atoms with Crippen LogP contribution in [-0.2, 0) is 26.4 Å². The Morgan fingerprint density at radius 1 is 1.33 bits per heavy atom. The number of nitrogens with two attached hydrogens (primary N) is 1. The van der Waals surface area contributed by atoms with Crippen LogP contribution in [0.3, 0.4) is 0 Å². The van der Waals surface area contributed by atoms with Gasteiger partial charge in [-0.25, -0.2) is 0 Å². The number of nitrogens with one attached hydrogen (secondary N) is 1. The van der Waals surface area contributed by atoms with Gasteiger partial charge in [0.05, 0.1) is 24.2 Å². The summed E-state index contributed by atoms with van der Waals surface area (Å²) in [5.74, 6) is 1.40. The van der Waals surface area contributed by atoms with Crippen LogP contribution in [0.1, 0.15) is 28.3 Å². The third-order valence-electron chi connectivity index (χ3n) is 5.90. The molecule has 0 fully saturated rings. The van der Waals surface area contributed by atoms with E-state index < -0.39 is 0 Å². The summed E-state index contributed by atoms with van der Waals surface area (Å²) in [6.07, 6.45) is 4.80. The Morgan fingerprint density at radius 2 is 2.21 bits per heavy atom. The van der Waals surface area contributed by atoms with Crippen molar-refractivity contribution < 1.29 is 4.42 Å². The van der Waals surface area contributed by atoms with Gasteiger partial charge in [0, 0.05) is 17.3 Å². The first-order valence-corrected chi connectivity index (χ1v) is 12.2. The first-order chi connectivity index (χ1) is 16.0. The molecule has 3 N–H and O–H groups in total. The van der Waals surface area contributed by atoms with E-state index in [0.717, 1.165) is 46.6 Å². The molecule has 1 aliphatic carbocycles. The topological polar surface area (TPSA) is 121 Å². The summed E-state index contributed by atoms with van der Waals surface area (Å²) in [5.41, 5.74) is 9.88. The van der Waals surface area contributed by atoms with Crippen molar-refractivity contribution in [1.29, 1.82) is 0 Å². The summed E-state index contributed by atoms with van der Waals surface area (Å²) in [4.78, 5) is 18.7. The van der Waals surface area contributed by atoms with Crippen LogP contribution in [-0.4, -0.2) is 29.5 Å². The van der Waals surface area contributed by atoms with Gasteiger partial charge in [-0.1, -0.05) is 0 Å². The van der Waals surface area contributed by atoms with E-state index in [1.807, 2.05) is 36.7 Å². The summed E-state index contributed by atoms with van der Waals surface area (Å²) in [7, 11) is 1.87. The van der Waals surface area contributed by atoms with Crippen LogP contribution in [0.5, 0.6) is 0 Å². The molecule has 0 radical (unpaired) electrons. The van der Waals surface area contributed by atoms with E-state index in [9.17, 15) is 4.79 Å². The monoisotopic (exact) mass is 479 g/mol. The van der Waals surface area contributed by atoms with Gasteiger partial charge in [-0.3, -0.25) is 14.0 Å². The molecule has 5 aromatic rings. The highest BCUT2D eigenvalue weighted by molar-refractivity contribution is 7.99. The number of fused-ring (bicyclic) bond motifs is 3. The largest absolute Gasteiger partial charge is 0.467 e. The van der Waals surface area contributed by atoms with Crippen LogP contribution in [0.15, 0.2) is 43.7 Å². The Morgan fingerprint density at radius 3 is 2.97 bits per heavy atom. The molecule has 0 atom stereocenters. The van der Waals surface area contributed by atoms with Crippen molar-refractivity contribution in [3.8, 4) is 11.5 Å². The van der Waals surface area contributed by atoms with Crippen LogP contribution < -0.4 is 11.3 Å². The van der Waals surface area contributed by atoms with E-state index in [4.69, 9.17) is 10.2 Å². The van der Waals surface area contributed by atoms with Gasteiger partial charge >= 0.3 is 0 Å². The molecule has 5 heterocycles. The van der Waals surface area contributed by atoms with E-state index >= 15 is 0 Å². The van der Waals surface area contributed by atoms with Gasteiger partial charge in [0.25, 0.3) is 5.56 Å². The number of H-pyrrole nitrogens is 1. The van der Waals surface area contributed by atoms with Gasteiger partial charge in [-0.05, 0) is 61.7 Å². The number of hydrogen-bond donors (Lipinski definition) is 2. The SMILES string of the molecule is Cc1cc(-c2nnc(Sc3c(N)c4c5c(sc4[nH]c3=O)CCC5)n2Cc2ccco2)n(C)n1. The number of rotatable bonds is 5. The molecule has 0 bridgehead atoms. The predicted molar refractivity (Wildman–Crippen MR) is 128 cm³/mol. The summed E-state index contributed by atoms with van der Waals surface area (Å²) in [6, 6.07) is 5.70. The molecule has 9 nitrogen and oxygen atoms in total. The van der Waals surface area contributed by atoms with Crippen LogP contribution in [0, 0.1) is 6.92 Å². The Kier molecular flexibility index (Phi) is 4.70. The molecule has 0 aromatic carbocycles. The van der Waals surface area contributed by atoms with Crippen LogP contribution >= 0.6 is 23.1 Å². The van der Waals surface area contributed by atoms with Gasteiger partial charge in [0.2, 0.25) is 0 Å². The van der Waals surface area contributed by atoms with Gasteiger partial charge in [-0.15, -0.1) is 21.5 Å². The molecule has 6 rings (SSSR count). The molecular weight excluding hydrogens is 458 g/mol. The Bertz CT molecular complexity index is 1560. The zero-order chi connectivity index (χ0) is 22.7. The van der Waals surface area contributed by atoms with Crippen LogP contribution in [0.4, 0.5) is 5.69 Å². The molecule has 0 saturated carbocycles. The number of aromatic amines is 1. The van der Waals surface area contributed by atoms with Crippen molar-refractivity contribution >= 4 is 39.0 Å². The second kappa shape index (κ2) is 7.63. The molecule has 0 saturated heterocycles. The molecule has 5 aromatic heterocycles. The predicted octanol–water partition coefficient (Wildman–Crippen LogP) is 3.75. The number of aryl methyl sites for hydroxylation is 4. The molecule has 33 heavy (non-hydrogen) atoms. The maximum absolute atomic E-state index is 13.0. The summed E-state index contributed by atoms with van der Waals surface area (Å²) < 4.78 is 9.29. The molecule has 0 amide bonds. The lowest BCUT2D eigenvalue weighted by Crippen LogP contribution is -2.12. The molecule has 0 aliphatic heterocycles. The molecular formula is C22H21N7O2S2. The number of nitrogens with zero attached hydrogens (tertiary/aromatic N) is 5. The number of nitrogen functional groups attached to an aromatic ring is 1. The lowest BCUT2D eigenvalue weighted by molar-refractivity contribution is 0.485. The van der Waals surface area contributed by atoms with Gasteiger partial charge in [0.1, 0.15) is 21.2 Å². The molecule has 0 spiro atoms. The van der Waals surface area contributed by atoms with E-state index in [1.165, 1.54) is 22.2 Å². The fourth-order valence-electron chi connectivity index (χ4n) is 4.44. The van der Waals surface area contributed by atoms with Gasteiger partial charge in [0.15, 0.2) is 11.0 Å². The second-order valence-electron chi connectivity index (χ2n) is 8.13. The highest BCUT2D eigenvalue weighted by Crippen LogP contribution is 2.42. The maximum Gasteiger partial charge on any atom is 0.265 e. The van der Waals surface area contributed by atoms with Gasteiger partial charge in [-0.2, -0.15) is 5.10 Å². The van der Waals surface area contributed by atoms with Crippen molar-refractivity contribution in [3.05, 3.63) is 56.7 Å². The summed E-state index contributed by atoms with van der Waals surface area (Å²) >= 11 is 2.88. The minimum Gasteiger partial charge on any atom is -0.467 e. The summed E-state index contributed by atoms with van der Waals surface area (Å²) in [6.45, 7) is 2.34. The fraction of sp³-hybridized carbons (Fsp3) is 0.273. The zero-order valence-electron chi connectivity index (χ0n) is 18.1. The second-order valence-corrected chi connectivity index (χ2v) is 10.2. The van der Waals surface area contributed by atoms with E-state index in [2.05, 4.69) is 20.3 Å². The number of pyridine rings is 1. The number of hydrogen-bond acceptors (Lipinski definition) is 8. The number of furan rings is 1. The normalized spacial score (nSPS) is 13.3. The summed E-state index contributed by atoms with van der Waals surface area (Å²) in [5, 5.41) is 14.9. The number of thiophene rings is 1. The lowest BCUT2D eigenvalue weighted by atomic mass is 10.1. The lowest BCUT2D eigenvalue weighted by Gasteiger charge is -2.10. The minimum atomic E-state index is -0.213. The molecule has 11 heteroatoms. The standard InChI is InChI=1S/C22H21N7O2S2/c1-11-9-14(28(2)27-11)19-25-26-22(29(19)10-12-5-4-8-31-12)33-18-17(23)16-13-6-3-7-15(13)32-21(16)24-20(18)30/h4-5,8-9H,3,6-7,10H2,1-2H3,(H3,23,24,30). The maximum atomic E-state index is 13.0. The molecule has 1 aliphatic rings. The smallest absolute Gasteiger partial charge is 0.265 e. The molecule has 0 unspecified atom stereocenters. The highest BCUT2D eigenvalue weighted by Gasteiger charge is 2.25. The van der Waals surface area contributed by atoms with Crippen molar-refractivity contribution in [2.45, 2.75) is 42.8 Å². The van der Waals surface area contributed by atoms with Crippen molar-refractivity contribution in [3.63, 3.8) is 0 Å². The van der Waals surface area contributed by atoms with E-state index in [0.29, 0.717) is 28.1 Å². The Labute approximate surface area is 196 Å². The van der Waals surface area contributed by atoms with Crippen molar-refractivity contribution in [2.24, 2.45) is 7.05 Å². The average molecular weight is 480 g/mol. The number of aromatic nitrogens is 6. The third-order valence-corrected chi connectivity index (χ3v) is 8.21. The van der Waals surface area contributed by atoms with Crippen LogP contribution in [0.25, 0.3) is 21.7 Å². The fourth-order valence-corrected chi connectivity index (χ4v) is 6.62. The van der Waals surface area contributed by atoms with E-state index in [1.54, 1.807) is 22.3 Å². The quantitative estimate of drug-likeness (QED) is 0.394. The zero-order valence-corrected chi connectivity index (χ0v) is 19.7. The Hall–Kier alpha value is -3.31. The highest BCUT2D eigenvalue weighted by atomic mass is 32.2. The third kappa shape index (κ3) is 3.30. The number of anilines is 1. The first-order valence-electron chi connectivity index (χ1n) is 10.6. The van der Waals surface area contributed by atoms with E-state index in [-0.39, 0.29) is 5.56 Å². The first kappa shape index (κ1) is 20.3. The molecule has 168 valence electrons.